The van der Waals surface area contributed by atoms with Crippen LogP contribution < -0.4 is 5.73 Å². The molecule has 0 atom stereocenters. The maximum atomic E-state index is 13.8. The molecule has 45 heavy (non-hydrogen) atoms. The zero-order valence-corrected chi connectivity index (χ0v) is 24.2. The average molecular weight is 611 g/mol. The number of benzene rings is 2. The van der Waals surface area contributed by atoms with Crippen LogP contribution in [0.2, 0.25) is 0 Å². The average Bonchev–Trinajstić information content (AvgIpc) is 3.46. The molecule has 5 aromatic rings. The van der Waals surface area contributed by atoms with Crippen LogP contribution in [-0.4, -0.2) is 45.6 Å². The minimum Gasteiger partial charge on any atom is -0.460 e. The van der Waals surface area contributed by atoms with E-state index in [0.29, 0.717) is 40.4 Å². The van der Waals surface area contributed by atoms with Crippen molar-refractivity contribution in [3.63, 3.8) is 0 Å². The minimum atomic E-state index is -2.74. The summed E-state index contributed by atoms with van der Waals surface area (Å²) < 4.78 is 47.1. The number of ketones is 1. The number of nitrogens with zero attached hydrogens (tertiary/aromatic N) is 3. The number of nitrogen functional groups attached to an aromatic ring is 1. The van der Waals surface area contributed by atoms with E-state index >= 15 is 0 Å². The fourth-order valence-electron chi connectivity index (χ4n) is 5.27. The van der Waals surface area contributed by atoms with Crippen LogP contribution in [0, 0.1) is 5.82 Å². The van der Waals surface area contributed by atoms with Gasteiger partial charge in [-0.2, -0.15) is 0 Å². The molecule has 1 amide bonds. The number of pyridine rings is 2. The van der Waals surface area contributed by atoms with Crippen LogP contribution in [0.4, 0.5) is 19.0 Å². The number of piperidine rings is 1. The molecule has 0 aliphatic carbocycles. The molecule has 228 valence electrons. The number of fused-ring (bicyclic) bond motifs is 1. The summed E-state index contributed by atoms with van der Waals surface area (Å²) in [5.74, 6) is -2.51. The largest absolute Gasteiger partial charge is 0.460 e. The number of alkyl halides is 2. The number of allylic oxidation sites excluding steroid dienone is 1. The van der Waals surface area contributed by atoms with E-state index in [1.807, 2.05) is 18.2 Å². The topological polar surface area (TPSA) is 102 Å². The number of carbonyl (C=O) groups is 2. The number of nitrogens with two attached hydrogens (primary N) is 1. The number of aryl methyl sites for hydroxylation is 1. The Balaban J connectivity index is 1.24. The third-order valence-electron chi connectivity index (χ3n) is 7.80. The fraction of sp³-hybridized carbons (Fsp3) is 0.200. The second-order valence-corrected chi connectivity index (χ2v) is 11.1. The summed E-state index contributed by atoms with van der Waals surface area (Å²) in [6.45, 7) is -0.00784. The molecule has 2 aromatic carbocycles. The van der Waals surface area contributed by atoms with Gasteiger partial charge in [0.15, 0.2) is 5.78 Å². The molecule has 6 rings (SSSR count). The summed E-state index contributed by atoms with van der Waals surface area (Å²) in [7, 11) is 0. The van der Waals surface area contributed by atoms with Crippen molar-refractivity contribution in [2.24, 2.45) is 0 Å². The molecule has 3 aromatic heterocycles. The highest BCUT2D eigenvalue weighted by Gasteiger charge is 2.35. The molecule has 0 unspecified atom stereocenters. The Morgan fingerprint density at radius 3 is 2.40 bits per heavy atom. The van der Waals surface area contributed by atoms with E-state index in [-0.39, 0.29) is 49.9 Å². The summed E-state index contributed by atoms with van der Waals surface area (Å²) in [5, 5.41) is 0.772. The van der Waals surface area contributed by atoms with E-state index in [1.165, 1.54) is 29.3 Å². The maximum Gasteiger partial charge on any atom is 0.255 e. The Bertz CT molecular complexity index is 1870. The van der Waals surface area contributed by atoms with Crippen LogP contribution in [0.5, 0.6) is 0 Å². The maximum absolute atomic E-state index is 13.8. The molecule has 1 aliphatic rings. The summed E-state index contributed by atoms with van der Waals surface area (Å²) in [6.07, 6.45) is 6.11. The van der Waals surface area contributed by atoms with Crippen LogP contribution in [0.25, 0.3) is 39.4 Å². The lowest BCUT2D eigenvalue weighted by molar-refractivity contribution is -0.114. The number of furan rings is 1. The number of rotatable bonds is 8. The Morgan fingerprint density at radius 1 is 0.933 bits per heavy atom. The Labute approximate surface area is 257 Å². The van der Waals surface area contributed by atoms with Gasteiger partial charge in [0, 0.05) is 67.7 Å². The predicted octanol–water partition coefficient (Wildman–Crippen LogP) is 7.36. The summed E-state index contributed by atoms with van der Waals surface area (Å²) in [5.41, 5.74) is 10.0. The molecule has 0 radical (unpaired) electrons. The van der Waals surface area contributed by atoms with Crippen molar-refractivity contribution in [2.75, 3.05) is 18.8 Å². The first-order valence-electron chi connectivity index (χ1n) is 14.5. The molecule has 4 heterocycles. The lowest BCUT2D eigenvalue weighted by atomic mass is 9.98. The Hall–Kier alpha value is -5.25. The van der Waals surface area contributed by atoms with Gasteiger partial charge >= 0.3 is 0 Å². The highest BCUT2D eigenvalue weighted by Crippen LogP contribution is 2.36. The van der Waals surface area contributed by atoms with E-state index in [9.17, 15) is 22.8 Å². The first-order chi connectivity index (χ1) is 21.6. The Morgan fingerprint density at radius 2 is 1.71 bits per heavy atom. The zero-order valence-electron chi connectivity index (χ0n) is 24.2. The van der Waals surface area contributed by atoms with Gasteiger partial charge in [-0.25, -0.2) is 18.2 Å². The third-order valence-corrected chi connectivity index (χ3v) is 7.80. The van der Waals surface area contributed by atoms with Gasteiger partial charge in [0.25, 0.3) is 11.8 Å². The van der Waals surface area contributed by atoms with Gasteiger partial charge in [-0.15, -0.1) is 0 Å². The molecule has 1 aliphatic heterocycles. The van der Waals surface area contributed by atoms with Gasteiger partial charge in [-0.1, -0.05) is 12.1 Å². The first kappa shape index (κ1) is 29.8. The number of carbonyl (C=O) groups excluding carboxylic acids is 2. The lowest BCUT2D eigenvalue weighted by Gasteiger charge is -2.31. The molecular formula is C35H29F3N4O3. The second-order valence-electron chi connectivity index (χ2n) is 11.1. The summed E-state index contributed by atoms with van der Waals surface area (Å²) in [6, 6.07) is 18.5. The van der Waals surface area contributed by atoms with E-state index in [4.69, 9.17) is 10.2 Å². The highest BCUT2D eigenvalue weighted by molar-refractivity contribution is 5.98. The quantitative estimate of drug-likeness (QED) is 0.184. The van der Waals surface area contributed by atoms with Crippen LogP contribution in [-0.2, 0) is 11.2 Å². The van der Waals surface area contributed by atoms with Crippen LogP contribution in [0.15, 0.2) is 89.6 Å². The van der Waals surface area contributed by atoms with E-state index in [0.717, 1.165) is 22.1 Å². The standard InChI is InChI=1S/C35H29F3N4O3/c36-27-6-3-23(4-7-27)30-19-25(31-11-5-24(21-40-31)34(44)42-15-13-35(37,38)14-16-42)17-26-18-29(45-33(26)30)10-9-28(43)8-1-22-2-12-32(39)41-20-22/h1-8,11-12,17-21H,9-10,13-16H2,(H2,39,41)/b8-1+. The summed E-state index contributed by atoms with van der Waals surface area (Å²) >= 11 is 0. The molecule has 0 spiro atoms. The number of halogens is 3. The van der Waals surface area contributed by atoms with Crippen molar-refractivity contribution in [1.82, 2.24) is 14.9 Å². The lowest BCUT2D eigenvalue weighted by Crippen LogP contribution is -2.42. The number of aromatic nitrogens is 2. The van der Waals surface area contributed by atoms with E-state index in [2.05, 4.69) is 9.97 Å². The van der Waals surface area contributed by atoms with Crippen LogP contribution in [0.3, 0.4) is 0 Å². The predicted molar refractivity (Wildman–Crippen MR) is 166 cm³/mol. The molecule has 0 saturated carbocycles. The van der Waals surface area contributed by atoms with Crippen molar-refractivity contribution in [1.29, 1.82) is 0 Å². The van der Waals surface area contributed by atoms with Gasteiger partial charge in [-0.05, 0) is 77.9 Å². The molecule has 1 fully saturated rings. The van der Waals surface area contributed by atoms with Crippen molar-refractivity contribution in [3.05, 3.63) is 108 Å². The summed E-state index contributed by atoms with van der Waals surface area (Å²) in [4.78, 5) is 35.4. The molecule has 10 heteroatoms. The van der Waals surface area contributed by atoms with Crippen molar-refractivity contribution < 1.29 is 27.2 Å². The van der Waals surface area contributed by atoms with Crippen LogP contribution >= 0.6 is 0 Å². The van der Waals surface area contributed by atoms with Crippen molar-refractivity contribution in [3.8, 4) is 22.4 Å². The Kier molecular flexibility index (Phi) is 8.21. The smallest absolute Gasteiger partial charge is 0.255 e. The SMILES string of the molecule is Nc1ccc(/C=C/C(=O)CCc2cc3cc(-c4ccc(C(=O)N5CCC(F)(F)CC5)cn4)cc(-c4ccc(F)cc4)c3o2)cn1. The molecule has 2 N–H and O–H groups in total. The second kappa shape index (κ2) is 12.4. The van der Waals surface area contributed by atoms with Gasteiger partial charge < -0.3 is 15.1 Å². The number of hydrogen-bond acceptors (Lipinski definition) is 6. The van der Waals surface area contributed by atoms with Crippen molar-refractivity contribution in [2.45, 2.75) is 31.6 Å². The third kappa shape index (κ3) is 6.95. The van der Waals surface area contributed by atoms with E-state index in [1.54, 1.807) is 48.7 Å². The minimum absolute atomic E-state index is 0.00392. The van der Waals surface area contributed by atoms with Gasteiger partial charge in [-0.3, -0.25) is 14.6 Å². The number of amides is 1. The monoisotopic (exact) mass is 610 g/mol. The fourth-order valence-corrected chi connectivity index (χ4v) is 5.27. The molecule has 0 bridgehead atoms. The molecule has 1 saturated heterocycles. The highest BCUT2D eigenvalue weighted by atomic mass is 19.3. The number of likely N-dealkylation sites (tertiary alicyclic amines) is 1. The molecular weight excluding hydrogens is 581 g/mol. The normalized spacial score (nSPS) is 14.7. The van der Waals surface area contributed by atoms with Gasteiger partial charge in [0.1, 0.15) is 23.0 Å². The van der Waals surface area contributed by atoms with E-state index < -0.39 is 5.92 Å². The zero-order chi connectivity index (χ0) is 31.6. The van der Waals surface area contributed by atoms with Gasteiger partial charge in [0.2, 0.25) is 0 Å². The number of hydrogen-bond donors (Lipinski definition) is 1. The number of anilines is 1. The van der Waals surface area contributed by atoms with Crippen LogP contribution in [0.1, 0.15) is 40.9 Å². The first-order valence-corrected chi connectivity index (χ1v) is 14.5. The molecule has 7 nitrogen and oxygen atoms in total. The van der Waals surface area contributed by atoms with Crippen molar-refractivity contribution >= 4 is 34.6 Å². The van der Waals surface area contributed by atoms with Gasteiger partial charge in [0.05, 0.1) is 11.3 Å².